The molecule has 1 saturated heterocycles. The van der Waals surface area contributed by atoms with Crippen molar-refractivity contribution in [2.45, 2.75) is 6.42 Å². The Morgan fingerprint density at radius 1 is 1.32 bits per heavy atom. The Balaban J connectivity index is 2.08. The van der Waals surface area contributed by atoms with Gasteiger partial charge in [0.1, 0.15) is 4.32 Å². The number of hydrogen-bond donors (Lipinski definition) is 0. The van der Waals surface area contributed by atoms with Crippen molar-refractivity contribution in [1.29, 1.82) is 0 Å². The molecule has 0 unspecified atom stereocenters. The summed E-state index contributed by atoms with van der Waals surface area (Å²) in [6.07, 6.45) is 2.68. The van der Waals surface area contributed by atoms with Gasteiger partial charge in [-0.05, 0) is 30.2 Å². The Morgan fingerprint density at radius 2 is 2.00 bits per heavy atom. The van der Waals surface area contributed by atoms with E-state index in [0.29, 0.717) is 22.4 Å². The van der Waals surface area contributed by atoms with Crippen LogP contribution in [-0.2, 0) is 9.53 Å². The molecule has 0 saturated carbocycles. The number of methoxy groups -OCH3 is 1. The molecule has 118 valence electrons. The number of thioether (sulfide) groups is 1. The lowest BCUT2D eigenvalue weighted by Gasteiger charge is -2.13. The van der Waals surface area contributed by atoms with Gasteiger partial charge in [0.15, 0.2) is 0 Å². The first-order valence-corrected chi connectivity index (χ1v) is 8.27. The summed E-state index contributed by atoms with van der Waals surface area (Å²) in [7, 11) is 5.65. The van der Waals surface area contributed by atoms with Crippen LogP contribution >= 0.6 is 24.0 Å². The second kappa shape index (κ2) is 7.76. The van der Waals surface area contributed by atoms with E-state index in [2.05, 4.69) is 0 Å². The van der Waals surface area contributed by atoms with Gasteiger partial charge in [-0.2, -0.15) is 0 Å². The van der Waals surface area contributed by atoms with E-state index in [4.69, 9.17) is 17.0 Å². The molecule has 1 fully saturated rings. The number of anilines is 1. The maximum Gasteiger partial charge on any atom is 0.266 e. The molecule has 1 aliphatic heterocycles. The van der Waals surface area contributed by atoms with Gasteiger partial charge in [0.05, 0.1) is 4.91 Å². The number of carbonyl (C=O) groups excluding carboxylic acids is 1. The van der Waals surface area contributed by atoms with E-state index in [-0.39, 0.29) is 5.91 Å². The van der Waals surface area contributed by atoms with Gasteiger partial charge in [0, 0.05) is 40.0 Å². The summed E-state index contributed by atoms with van der Waals surface area (Å²) in [6, 6.07) is 8.08. The van der Waals surface area contributed by atoms with Crippen LogP contribution in [0, 0.1) is 0 Å². The van der Waals surface area contributed by atoms with Crippen molar-refractivity contribution >= 4 is 46.0 Å². The molecule has 1 heterocycles. The fourth-order valence-corrected chi connectivity index (χ4v) is 3.39. The van der Waals surface area contributed by atoms with Crippen LogP contribution in [-0.4, -0.2) is 49.5 Å². The molecule has 0 aromatic heterocycles. The summed E-state index contributed by atoms with van der Waals surface area (Å²) in [5.41, 5.74) is 2.13. The highest BCUT2D eigenvalue weighted by Crippen LogP contribution is 2.32. The Kier molecular flexibility index (Phi) is 5.99. The van der Waals surface area contributed by atoms with Crippen LogP contribution in [0.2, 0.25) is 0 Å². The van der Waals surface area contributed by atoms with Crippen molar-refractivity contribution in [3.8, 4) is 0 Å². The first-order chi connectivity index (χ1) is 10.5. The smallest absolute Gasteiger partial charge is 0.266 e. The van der Waals surface area contributed by atoms with Gasteiger partial charge in [-0.1, -0.05) is 36.1 Å². The largest absolute Gasteiger partial charge is 0.385 e. The minimum absolute atomic E-state index is 0.0113. The Morgan fingerprint density at radius 3 is 2.59 bits per heavy atom. The van der Waals surface area contributed by atoms with Crippen LogP contribution in [0.5, 0.6) is 0 Å². The zero-order valence-corrected chi connectivity index (χ0v) is 14.7. The van der Waals surface area contributed by atoms with E-state index < -0.39 is 0 Å². The fraction of sp³-hybridized carbons (Fsp3) is 0.375. The molecule has 0 spiro atoms. The standard InChI is InChI=1S/C16H20N2O2S2/c1-17(2)13-7-5-12(6-8-13)11-14-15(19)18(16(21)22-14)9-4-10-20-3/h5-8,11H,4,9-10H2,1-3H3/b14-11+. The third kappa shape index (κ3) is 4.09. The molecule has 1 aromatic rings. The number of thiocarbonyl (C=S) groups is 1. The molecule has 0 radical (unpaired) electrons. The highest BCUT2D eigenvalue weighted by atomic mass is 32.2. The number of amides is 1. The molecule has 0 bridgehead atoms. The van der Waals surface area contributed by atoms with Gasteiger partial charge in [-0.15, -0.1) is 0 Å². The highest BCUT2D eigenvalue weighted by molar-refractivity contribution is 8.26. The Hall–Kier alpha value is -1.37. The molecular weight excluding hydrogens is 316 g/mol. The second-order valence-electron chi connectivity index (χ2n) is 5.17. The predicted molar refractivity (Wildman–Crippen MR) is 97.1 cm³/mol. The molecule has 2 rings (SSSR count). The van der Waals surface area contributed by atoms with Gasteiger partial charge in [0.2, 0.25) is 0 Å². The molecule has 0 N–H and O–H groups in total. The van der Waals surface area contributed by atoms with Crippen molar-refractivity contribution in [2.75, 3.05) is 39.3 Å². The number of rotatable bonds is 6. The Bertz CT molecular complexity index is 582. The number of ether oxygens (including phenoxy) is 1. The first-order valence-electron chi connectivity index (χ1n) is 7.04. The van der Waals surface area contributed by atoms with E-state index in [1.807, 2.05) is 49.3 Å². The van der Waals surface area contributed by atoms with Crippen LogP contribution in [0.25, 0.3) is 6.08 Å². The maximum absolute atomic E-state index is 12.4. The van der Waals surface area contributed by atoms with Crippen LogP contribution in [0.1, 0.15) is 12.0 Å². The average Bonchev–Trinajstić information content (AvgIpc) is 2.75. The first kappa shape index (κ1) is 17.0. The predicted octanol–water partition coefficient (Wildman–Crippen LogP) is 2.99. The molecule has 1 amide bonds. The lowest BCUT2D eigenvalue weighted by Crippen LogP contribution is -2.29. The molecular formula is C16H20N2O2S2. The van der Waals surface area contributed by atoms with Crippen molar-refractivity contribution in [1.82, 2.24) is 4.90 Å². The van der Waals surface area contributed by atoms with Crippen molar-refractivity contribution in [3.05, 3.63) is 34.7 Å². The monoisotopic (exact) mass is 336 g/mol. The van der Waals surface area contributed by atoms with Crippen LogP contribution in [0.3, 0.4) is 0 Å². The van der Waals surface area contributed by atoms with E-state index in [9.17, 15) is 4.79 Å². The third-order valence-electron chi connectivity index (χ3n) is 3.31. The van der Waals surface area contributed by atoms with E-state index in [1.54, 1.807) is 12.0 Å². The summed E-state index contributed by atoms with van der Waals surface area (Å²) < 4.78 is 5.64. The number of benzene rings is 1. The van der Waals surface area contributed by atoms with E-state index in [0.717, 1.165) is 17.7 Å². The van der Waals surface area contributed by atoms with Crippen LogP contribution in [0.4, 0.5) is 5.69 Å². The summed E-state index contributed by atoms with van der Waals surface area (Å²) in [4.78, 5) is 16.8. The van der Waals surface area contributed by atoms with Crippen LogP contribution < -0.4 is 4.90 Å². The average molecular weight is 336 g/mol. The number of carbonyl (C=O) groups is 1. The lowest BCUT2D eigenvalue weighted by molar-refractivity contribution is -0.122. The topological polar surface area (TPSA) is 32.8 Å². The van der Waals surface area contributed by atoms with Gasteiger partial charge >= 0.3 is 0 Å². The number of hydrogen-bond acceptors (Lipinski definition) is 5. The molecule has 0 aliphatic carbocycles. The molecule has 1 aromatic carbocycles. The van der Waals surface area contributed by atoms with Crippen molar-refractivity contribution in [2.24, 2.45) is 0 Å². The third-order valence-corrected chi connectivity index (χ3v) is 4.69. The molecule has 6 heteroatoms. The summed E-state index contributed by atoms with van der Waals surface area (Å²) in [6.45, 7) is 1.23. The molecule has 0 atom stereocenters. The highest BCUT2D eigenvalue weighted by Gasteiger charge is 2.31. The van der Waals surface area contributed by atoms with E-state index in [1.165, 1.54) is 11.8 Å². The SMILES string of the molecule is COCCCN1C(=O)/C(=C\c2ccc(N(C)C)cc2)SC1=S. The number of nitrogens with zero attached hydrogens (tertiary/aromatic N) is 2. The molecule has 22 heavy (non-hydrogen) atoms. The van der Waals surface area contributed by atoms with Crippen molar-refractivity contribution in [3.63, 3.8) is 0 Å². The van der Waals surface area contributed by atoms with Gasteiger partial charge in [0.25, 0.3) is 5.91 Å². The summed E-state index contributed by atoms with van der Waals surface area (Å²) in [5.74, 6) is -0.0113. The minimum Gasteiger partial charge on any atom is -0.385 e. The molecule has 4 nitrogen and oxygen atoms in total. The summed E-state index contributed by atoms with van der Waals surface area (Å²) >= 11 is 6.66. The second-order valence-corrected chi connectivity index (χ2v) is 6.84. The quantitative estimate of drug-likeness (QED) is 0.453. The lowest BCUT2D eigenvalue weighted by atomic mass is 10.2. The van der Waals surface area contributed by atoms with E-state index >= 15 is 0 Å². The normalized spacial score (nSPS) is 16.7. The molecule has 1 aliphatic rings. The van der Waals surface area contributed by atoms with Crippen LogP contribution in [0.15, 0.2) is 29.2 Å². The van der Waals surface area contributed by atoms with Crippen molar-refractivity contribution < 1.29 is 9.53 Å². The van der Waals surface area contributed by atoms with Gasteiger partial charge in [-0.3, -0.25) is 9.69 Å². The van der Waals surface area contributed by atoms with Gasteiger partial charge in [-0.25, -0.2) is 0 Å². The zero-order chi connectivity index (χ0) is 16.1. The minimum atomic E-state index is -0.0113. The summed E-state index contributed by atoms with van der Waals surface area (Å²) in [5, 5.41) is 0. The Labute approximate surface area is 141 Å². The maximum atomic E-state index is 12.4. The zero-order valence-electron chi connectivity index (χ0n) is 13.0. The van der Waals surface area contributed by atoms with Gasteiger partial charge < -0.3 is 9.64 Å². The fourth-order valence-electron chi connectivity index (χ4n) is 2.08.